The van der Waals surface area contributed by atoms with Crippen LogP contribution >= 0.6 is 0 Å². The summed E-state index contributed by atoms with van der Waals surface area (Å²) in [7, 11) is 2.90. The summed E-state index contributed by atoms with van der Waals surface area (Å²) >= 11 is 0. The number of benzene rings is 4. The summed E-state index contributed by atoms with van der Waals surface area (Å²) in [5, 5.41) is 28.4. The van der Waals surface area contributed by atoms with Crippen LogP contribution in [0.3, 0.4) is 0 Å². The molecule has 0 aliphatic carbocycles. The quantitative estimate of drug-likeness (QED) is 0.0956. The number of piperidine rings is 2. The van der Waals surface area contributed by atoms with Crippen LogP contribution in [0.4, 0.5) is 28.9 Å². The molecule has 19 nitrogen and oxygen atoms in total. The van der Waals surface area contributed by atoms with Gasteiger partial charge in [-0.05, 0) is 92.8 Å². The second kappa shape index (κ2) is 19.7. The Kier molecular flexibility index (Phi) is 13.4. The van der Waals surface area contributed by atoms with Gasteiger partial charge in [-0.3, -0.25) is 29.3 Å². The molecule has 0 spiro atoms. The molecular formula is C49H46F4N8O11. The topological polar surface area (TPSA) is 236 Å². The van der Waals surface area contributed by atoms with E-state index < -0.39 is 47.8 Å². The van der Waals surface area contributed by atoms with Gasteiger partial charge in [-0.25, -0.2) is 14.4 Å². The number of halogens is 4. The van der Waals surface area contributed by atoms with Crippen LogP contribution < -0.4 is 40.3 Å². The van der Waals surface area contributed by atoms with Crippen molar-refractivity contribution in [2.24, 2.45) is 13.0 Å². The highest BCUT2D eigenvalue weighted by Gasteiger charge is 2.39. The number of aliphatic hydroxyl groups is 2. The molecule has 5 N–H and O–H groups in total. The number of nitrogens with one attached hydrogen (secondary N) is 3. The fraction of sp³-hybridized carbons (Fsp3) is 0.327. The molecule has 3 unspecified atom stereocenters. The molecule has 9 rings (SSSR count). The Balaban J connectivity index is 0.797. The average molecular weight is 999 g/mol. The molecule has 2 aromatic heterocycles. The average Bonchev–Trinajstić information content (AvgIpc) is 3.66. The Hall–Kier alpha value is -7.89. The lowest BCUT2D eigenvalue weighted by Gasteiger charge is -2.37. The minimum Gasteiger partial charge on any atom is -0.493 e. The van der Waals surface area contributed by atoms with E-state index in [2.05, 4.69) is 30.7 Å². The van der Waals surface area contributed by atoms with E-state index in [1.807, 2.05) is 0 Å². The molecule has 3 aliphatic rings. The highest BCUT2D eigenvalue weighted by atomic mass is 19.4. The number of aromatic nitrogens is 3. The maximum absolute atomic E-state index is 15.6. The van der Waals surface area contributed by atoms with E-state index in [9.17, 15) is 47.4 Å². The second-order valence-corrected chi connectivity index (χ2v) is 17.5. The Bertz CT molecular complexity index is 3220. The third-order valence-electron chi connectivity index (χ3n) is 13.0. The van der Waals surface area contributed by atoms with Crippen molar-refractivity contribution in [2.75, 3.05) is 37.4 Å². The molecule has 0 bridgehead atoms. The number of nitrogens with zero attached hydrogens (tertiary/aromatic N) is 5. The number of amides is 4. The first-order chi connectivity index (χ1) is 34.3. The SMILES string of the molecule is COc1cc2c(Oc3ccc(NC(=O)c4c(C)n(C)c5ccc(OC(F)(F)F)cc5c4=O)cc3F)ncnc2cc1OCC(=O)N1CCC(C(=O)Nc2ccc3c(c2)CN(C2CCC(O)NC2O)C3=O)CC1. The van der Waals surface area contributed by atoms with E-state index in [1.165, 1.54) is 62.3 Å². The Labute approximate surface area is 406 Å². The number of hydrogen-bond acceptors (Lipinski definition) is 14. The number of hydrogen-bond donors (Lipinski definition) is 5. The van der Waals surface area contributed by atoms with Crippen molar-refractivity contribution in [2.45, 2.75) is 64.0 Å². The van der Waals surface area contributed by atoms with Crippen LogP contribution in [-0.4, -0.2) is 110 Å². The molecule has 4 aromatic carbocycles. The first-order valence-corrected chi connectivity index (χ1v) is 22.6. The highest BCUT2D eigenvalue weighted by Crippen LogP contribution is 2.38. The van der Waals surface area contributed by atoms with Gasteiger partial charge >= 0.3 is 6.36 Å². The number of carbonyl (C=O) groups excluding carboxylic acids is 4. The molecule has 2 fully saturated rings. The van der Waals surface area contributed by atoms with Crippen molar-refractivity contribution in [3.8, 4) is 28.9 Å². The summed E-state index contributed by atoms with van der Waals surface area (Å²) in [4.78, 5) is 78.3. The molecular weight excluding hydrogens is 953 g/mol. The molecule has 5 heterocycles. The summed E-state index contributed by atoms with van der Waals surface area (Å²) in [5.74, 6) is -3.72. The zero-order chi connectivity index (χ0) is 51.2. The molecule has 0 radical (unpaired) electrons. The molecule has 376 valence electrons. The number of anilines is 2. The van der Waals surface area contributed by atoms with E-state index >= 15 is 4.39 Å². The van der Waals surface area contributed by atoms with Gasteiger partial charge in [-0.2, -0.15) is 0 Å². The van der Waals surface area contributed by atoms with E-state index in [0.717, 1.165) is 18.2 Å². The molecule has 72 heavy (non-hydrogen) atoms. The van der Waals surface area contributed by atoms with E-state index in [1.54, 1.807) is 28.0 Å². The van der Waals surface area contributed by atoms with Gasteiger partial charge in [0.25, 0.3) is 17.7 Å². The van der Waals surface area contributed by atoms with Gasteiger partial charge in [0.05, 0.1) is 35.0 Å². The van der Waals surface area contributed by atoms with Gasteiger partial charge in [0, 0.05) is 67.4 Å². The zero-order valence-electron chi connectivity index (χ0n) is 38.7. The zero-order valence-corrected chi connectivity index (χ0v) is 38.7. The third-order valence-corrected chi connectivity index (χ3v) is 13.0. The lowest BCUT2D eigenvalue weighted by atomic mass is 9.95. The predicted molar refractivity (Wildman–Crippen MR) is 249 cm³/mol. The fourth-order valence-electron chi connectivity index (χ4n) is 9.21. The Morgan fingerprint density at radius 1 is 0.875 bits per heavy atom. The van der Waals surface area contributed by atoms with Gasteiger partial charge < -0.3 is 54.2 Å². The van der Waals surface area contributed by atoms with Gasteiger partial charge in [0.2, 0.25) is 17.2 Å². The number of aryl methyl sites for hydroxylation is 1. The standard InChI is InChI=1S/C49H46F4N8O11/c1-24-42(43(64)32-18-29(72-49(51,52)53)6-8-35(32)59(24)2)46(67)57-28-5-10-37(33(50)17-28)71-47-31-19-38(69-3)39(20-34(31)54-23-55-47)70-22-41(63)60-14-12-25(13-15-60)44(65)56-27-4-7-30-26(16-27)21-61(48(30)68)36-9-11-40(62)58-45(36)66/h4-8,10,16-20,23,25,36,40,45,58,62,66H,9,11-15,21-22H2,1-3H3,(H,56,65)(H,57,67). The van der Waals surface area contributed by atoms with Crippen LogP contribution in [0.25, 0.3) is 21.8 Å². The number of ether oxygens (including phenoxy) is 4. The van der Waals surface area contributed by atoms with Gasteiger partial charge in [-0.15, -0.1) is 13.2 Å². The Morgan fingerprint density at radius 2 is 1.62 bits per heavy atom. The molecule has 6 aromatic rings. The predicted octanol–water partition coefficient (Wildman–Crippen LogP) is 5.48. The van der Waals surface area contributed by atoms with Crippen molar-refractivity contribution in [1.29, 1.82) is 0 Å². The van der Waals surface area contributed by atoms with Crippen molar-refractivity contribution in [3.05, 3.63) is 111 Å². The molecule has 4 amide bonds. The van der Waals surface area contributed by atoms with Crippen LogP contribution in [0.15, 0.2) is 77.9 Å². The molecule has 0 saturated carbocycles. The van der Waals surface area contributed by atoms with Crippen LogP contribution in [-0.2, 0) is 23.2 Å². The molecule has 2 saturated heterocycles. The summed E-state index contributed by atoms with van der Waals surface area (Å²) in [6.07, 6.45) is -4.13. The summed E-state index contributed by atoms with van der Waals surface area (Å²) in [5.41, 5.74) is 1.15. The maximum Gasteiger partial charge on any atom is 0.573 e. The lowest BCUT2D eigenvalue weighted by molar-refractivity contribution is -0.274. The van der Waals surface area contributed by atoms with Crippen LogP contribution in [0.2, 0.25) is 0 Å². The maximum atomic E-state index is 15.6. The number of carbonyl (C=O) groups is 4. The number of fused-ring (bicyclic) bond motifs is 3. The highest BCUT2D eigenvalue weighted by molar-refractivity contribution is 6.07. The summed E-state index contributed by atoms with van der Waals surface area (Å²) < 4.78 is 77.0. The van der Waals surface area contributed by atoms with Crippen LogP contribution in [0, 0.1) is 18.7 Å². The van der Waals surface area contributed by atoms with Gasteiger partial charge in [0.1, 0.15) is 30.1 Å². The second-order valence-electron chi connectivity index (χ2n) is 17.5. The first kappa shape index (κ1) is 49.1. The third kappa shape index (κ3) is 10.0. The van der Waals surface area contributed by atoms with Crippen LogP contribution in [0.1, 0.15) is 57.7 Å². The molecule has 3 atom stereocenters. The van der Waals surface area contributed by atoms with E-state index in [-0.39, 0.29) is 98.7 Å². The lowest BCUT2D eigenvalue weighted by Crippen LogP contribution is -2.56. The minimum absolute atomic E-state index is 0.0696. The monoisotopic (exact) mass is 998 g/mol. The number of likely N-dealkylation sites (tertiary alicyclic amines) is 1. The van der Waals surface area contributed by atoms with E-state index in [0.29, 0.717) is 55.6 Å². The largest absolute Gasteiger partial charge is 0.573 e. The molecule has 23 heteroatoms. The summed E-state index contributed by atoms with van der Waals surface area (Å²) in [6, 6.07) is 14.2. The summed E-state index contributed by atoms with van der Waals surface area (Å²) in [6.45, 7) is 1.96. The van der Waals surface area contributed by atoms with Crippen LogP contribution in [0.5, 0.6) is 28.9 Å². The molecule has 3 aliphatic heterocycles. The van der Waals surface area contributed by atoms with Crippen molar-refractivity contribution >= 4 is 56.8 Å². The van der Waals surface area contributed by atoms with E-state index in [4.69, 9.17) is 14.2 Å². The first-order valence-electron chi connectivity index (χ1n) is 22.6. The fourth-order valence-corrected chi connectivity index (χ4v) is 9.21. The minimum atomic E-state index is -5.01. The van der Waals surface area contributed by atoms with Crippen molar-refractivity contribution in [1.82, 2.24) is 29.7 Å². The van der Waals surface area contributed by atoms with Crippen molar-refractivity contribution < 1.29 is 65.9 Å². The van der Waals surface area contributed by atoms with Gasteiger partial charge in [-0.1, -0.05) is 0 Å². The number of methoxy groups -OCH3 is 1. The van der Waals surface area contributed by atoms with Gasteiger partial charge in [0.15, 0.2) is 29.7 Å². The smallest absolute Gasteiger partial charge is 0.493 e. The normalized spacial score (nSPS) is 18.2. The van der Waals surface area contributed by atoms with Crippen molar-refractivity contribution in [3.63, 3.8) is 0 Å². The number of alkyl halides is 3. The Morgan fingerprint density at radius 3 is 2.35 bits per heavy atom. The number of pyridine rings is 1. The number of aliphatic hydroxyl groups excluding tert-OH is 2. The number of rotatable bonds is 12.